The van der Waals surface area contributed by atoms with Crippen LogP contribution in [0.25, 0.3) is 0 Å². The van der Waals surface area contributed by atoms with Crippen LogP contribution in [0.15, 0.2) is 0 Å². The van der Waals surface area contributed by atoms with Crippen LogP contribution in [0.4, 0.5) is 0 Å². The molecule has 2 atom stereocenters. The molecule has 16 heavy (non-hydrogen) atoms. The van der Waals surface area contributed by atoms with Crippen molar-refractivity contribution < 1.29 is 0 Å². The van der Waals surface area contributed by atoms with E-state index in [1.165, 1.54) is 38.9 Å². The fourth-order valence-corrected chi connectivity index (χ4v) is 2.80. The average Bonchev–Trinajstić information content (AvgIpc) is 3.02. The highest BCUT2D eigenvalue weighted by atomic mass is 15.3. The third-order valence-corrected chi connectivity index (χ3v) is 4.11. The molecule has 3 nitrogen and oxygen atoms in total. The third kappa shape index (κ3) is 3.19. The summed E-state index contributed by atoms with van der Waals surface area (Å²) >= 11 is 0. The summed E-state index contributed by atoms with van der Waals surface area (Å²) in [6, 6.07) is 2.35. The quantitative estimate of drug-likeness (QED) is 0.732. The minimum atomic E-state index is 0.716. The Balaban J connectivity index is 1.69. The number of hydrogen-bond donors (Lipinski definition) is 1. The molecular formula is C13H27N3. The summed E-state index contributed by atoms with van der Waals surface area (Å²) in [5.74, 6) is 0. The van der Waals surface area contributed by atoms with Gasteiger partial charge in [0.2, 0.25) is 0 Å². The van der Waals surface area contributed by atoms with Crippen molar-refractivity contribution in [2.24, 2.45) is 0 Å². The van der Waals surface area contributed by atoms with Gasteiger partial charge in [-0.1, -0.05) is 6.92 Å². The second-order valence-electron chi connectivity index (χ2n) is 5.55. The van der Waals surface area contributed by atoms with Gasteiger partial charge >= 0.3 is 0 Å². The molecule has 3 heteroatoms. The van der Waals surface area contributed by atoms with Crippen molar-refractivity contribution in [3.63, 3.8) is 0 Å². The molecule has 2 fully saturated rings. The standard InChI is InChI=1S/C13H27N3/c1-4-14-12-7-8-16(10-12)9-11(2)15(3)13-5-6-13/h11-14H,4-10H2,1-3H3. The van der Waals surface area contributed by atoms with Crippen molar-refractivity contribution in [1.29, 1.82) is 0 Å². The highest BCUT2D eigenvalue weighted by molar-refractivity contribution is 4.88. The smallest absolute Gasteiger partial charge is 0.0207 e. The van der Waals surface area contributed by atoms with Gasteiger partial charge in [0.25, 0.3) is 0 Å². The van der Waals surface area contributed by atoms with E-state index in [0.29, 0.717) is 6.04 Å². The van der Waals surface area contributed by atoms with Gasteiger partial charge in [0.05, 0.1) is 0 Å². The lowest BCUT2D eigenvalue weighted by Gasteiger charge is -2.28. The van der Waals surface area contributed by atoms with Crippen molar-refractivity contribution in [3.8, 4) is 0 Å². The molecule has 2 rings (SSSR count). The van der Waals surface area contributed by atoms with E-state index in [2.05, 4.69) is 36.0 Å². The highest BCUT2D eigenvalue weighted by Gasteiger charge is 2.31. The molecule has 1 aliphatic heterocycles. The van der Waals surface area contributed by atoms with Crippen LogP contribution in [0.1, 0.15) is 33.1 Å². The SMILES string of the molecule is CCNC1CCN(CC(C)N(C)C2CC2)C1. The summed E-state index contributed by atoms with van der Waals surface area (Å²) in [4.78, 5) is 5.19. The fourth-order valence-electron chi connectivity index (χ4n) is 2.80. The van der Waals surface area contributed by atoms with Crippen LogP contribution < -0.4 is 5.32 Å². The van der Waals surface area contributed by atoms with Crippen LogP contribution in [0.5, 0.6) is 0 Å². The molecule has 1 saturated carbocycles. The number of hydrogen-bond acceptors (Lipinski definition) is 3. The summed E-state index contributed by atoms with van der Waals surface area (Å²) in [6.45, 7) is 9.45. The normalized spacial score (nSPS) is 28.9. The number of likely N-dealkylation sites (tertiary alicyclic amines) is 1. The van der Waals surface area contributed by atoms with Crippen LogP contribution in [0.2, 0.25) is 0 Å². The zero-order chi connectivity index (χ0) is 11.5. The first-order chi connectivity index (χ1) is 7.70. The second kappa shape index (κ2) is 5.48. The summed E-state index contributed by atoms with van der Waals surface area (Å²) in [6.07, 6.45) is 4.16. The lowest BCUT2D eigenvalue weighted by molar-refractivity contribution is 0.183. The zero-order valence-corrected chi connectivity index (χ0v) is 11.1. The summed E-state index contributed by atoms with van der Waals surface area (Å²) in [7, 11) is 2.29. The Morgan fingerprint density at radius 3 is 2.75 bits per heavy atom. The van der Waals surface area contributed by atoms with E-state index in [1.807, 2.05) is 0 Å². The Morgan fingerprint density at radius 2 is 2.12 bits per heavy atom. The van der Waals surface area contributed by atoms with Gasteiger partial charge in [0.15, 0.2) is 0 Å². The first kappa shape index (κ1) is 12.3. The minimum absolute atomic E-state index is 0.716. The lowest BCUT2D eigenvalue weighted by atomic mass is 10.2. The fraction of sp³-hybridized carbons (Fsp3) is 1.00. The van der Waals surface area contributed by atoms with Crippen molar-refractivity contribution in [2.45, 2.75) is 51.2 Å². The lowest BCUT2D eigenvalue weighted by Crippen LogP contribution is -2.41. The molecule has 94 valence electrons. The average molecular weight is 225 g/mol. The topological polar surface area (TPSA) is 18.5 Å². The molecule has 0 radical (unpaired) electrons. The Morgan fingerprint density at radius 1 is 1.38 bits per heavy atom. The van der Waals surface area contributed by atoms with Gasteiger partial charge in [0.1, 0.15) is 0 Å². The molecule has 2 unspecified atom stereocenters. The van der Waals surface area contributed by atoms with Crippen LogP contribution in [0, 0.1) is 0 Å². The Labute approximate surface area is 100 Å². The van der Waals surface area contributed by atoms with Gasteiger partial charge in [-0.2, -0.15) is 0 Å². The predicted molar refractivity (Wildman–Crippen MR) is 68.8 cm³/mol. The second-order valence-corrected chi connectivity index (χ2v) is 5.55. The molecule has 0 aromatic rings. The molecular weight excluding hydrogens is 198 g/mol. The monoisotopic (exact) mass is 225 g/mol. The van der Waals surface area contributed by atoms with Crippen LogP contribution >= 0.6 is 0 Å². The Bertz CT molecular complexity index is 215. The third-order valence-electron chi connectivity index (χ3n) is 4.11. The number of nitrogens with zero attached hydrogens (tertiary/aromatic N) is 2. The minimum Gasteiger partial charge on any atom is -0.313 e. The molecule has 2 aliphatic rings. The van der Waals surface area contributed by atoms with Crippen LogP contribution in [0.3, 0.4) is 0 Å². The molecule has 0 aromatic carbocycles. The maximum Gasteiger partial charge on any atom is 0.0207 e. The summed E-state index contributed by atoms with van der Waals surface area (Å²) < 4.78 is 0. The van der Waals surface area contributed by atoms with E-state index in [1.54, 1.807) is 0 Å². The first-order valence-corrected chi connectivity index (χ1v) is 6.88. The number of likely N-dealkylation sites (N-methyl/N-ethyl adjacent to an activating group) is 2. The van der Waals surface area contributed by atoms with Gasteiger partial charge in [-0.25, -0.2) is 0 Å². The van der Waals surface area contributed by atoms with E-state index < -0.39 is 0 Å². The van der Waals surface area contributed by atoms with Gasteiger partial charge < -0.3 is 10.2 Å². The maximum atomic E-state index is 3.56. The molecule has 1 heterocycles. The Kier molecular flexibility index (Phi) is 4.22. The molecule has 0 amide bonds. The van der Waals surface area contributed by atoms with Crippen molar-refractivity contribution in [1.82, 2.24) is 15.1 Å². The molecule has 1 saturated heterocycles. The van der Waals surface area contributed by atoms with E-state index in [-0.39, 0.29) is 0 Å². The maximum absolute atomic E-state index is 3.56. The summed E-state index contributed by atoms with van der Waals surface area (Å²) in [5, 5.41) is 3.56. The number of rotatable bonds is 6. The van der Waals surface area contributed by atoms with Crippen LogP contribution in [-0.2, 0) is 0 Å². The molecule has 1 aliphatic carbocycles. The molecule has 0 bridgehead atoms. The van der Waals surface area contributed by atoms with E-state index in [9.17, 15) is 0 Å². The van der Waals surface area contributed by atoms with Gasteiger partial charge in [-0.15, -0.1) is 0 Å². The van der Waals surface area contributed by atoms with Gasteiger partial charge in [0, 0.05) is 31.2 Å². The van der Waals surface area contributed by atoms with Crippen molar-refractivity contribution in [2.75, 3.05) is 33.2 Å². The molecule has 1 N–H and O–H groups in total. The zero-order valence-electron chi connectivity index (χ0n) is 11.1. The predicted octanol–water partition coefficient (Wildman–Crippen LogP) is 1.15. The van der Waals surface area contributed by atoms with E-state index in [0.717, 1.165) is 18.6 Å². The van der Waals surface area contributed by atoms with E-state index >= 15 is 0 Å². The number of nitrogens with one attached hydrogen (secondary N) is 1. The van der Waals surface area contributed by atoms with E-state index in [4.69, 9.17) is 0 Å². The molecule has 0 aromatic heterocycles. The summed E-state index contributed by atoms with van der Waals surface area (Å²) in [5.41, 5.74) is 0. The van der Waals surface area contributed by atoms with Crippen molar-refractivity contribution >= 4 is 0 Å². The highest BCUT2D eigenvalue weighted by Crippen LogP contribution is 2.27. The van der Waals surface area contributed by atoms with Crippen LogP contribution in [-0.4, -0.2) is 61.2 Å². The first-order valence-electron chi connectivity index (χ1n) is 6.88. The van der Waals surface area contributed by atoms with Gasteiger partial charge in [-0.3, -0.25) is 4.90 Å². The van der Waals surface area contributed by atoms with Crippen molar-refractivity contribution in [3.05, 3.63) is 0 Å². The molecule has 0 spiro atoms. The van der Waals surface area contributed by atoms with Gasteiger partial charge in [-0.05, 0) is 46.3 Å². The largest absolute Gasteiger partial charge is 0.313 e. The Hall–Kier alpha value is -0.120.